The number of thiol groups is 1. The number of nitrogens with zero attached hydrogens (tertiary/aromatic N) is 1. The van der Waals surface area contributed by atoms with E-state index in [9.17, 15) is 8.42 Å². The van der Waals surface area contributed by atoms with Crippen LogP contribution in [0.5, 0.6) is 0 Å². The fourth-order valence-corrected chi connectivity index (χ4v) is 1.53. The Morgan fingerprint density at radius 1 is 1.33 bits per heavy atom. The first-order valence-electron chi connectivity index (χ1n) is 4.07. The van der Waals surface area contributed by atoms with Crippen LogP contribution in [0.1, 0.15) is 5.56 Å². The zero-order valence-electron chi connectivity index (χ0n) is 7.74. The van der Waals surface area contributed by atoms with Gasteiger partial charge < -0.3 is 5.73 Å². The van der Waals surface area contributed by atoms with Gasteiger partial charge in [-0.1, -0.05) is 30.3 Å². The van der Waals surface area contributed by atoms with Crippen LogP contribution in [-0.2, 0) is 10.9 Å². The first-order valence-corrected chi connectivity index (χ1v) is 5.61. The van der Waals surface area contributed by atoms with Gasteiger partial charge in [-0.2, -0.15) is 0 Å². The molecule has 80 valence electrons. The first kappa shape index (κ1) is 11.7. The molecule has 0 saturated heterocycles. The quantitative estimate of drug-likeness (QED) is 0.606. The van der Waals surface area contributed by atoms with Crippen molar-refractivity contribution in [1.29, 1.82) is 0 Å². The predicted octanol–water partition coefficient (Wildman–Crippen LogP) is 0.729. The third-order valence-electron chi connectivity index (χ3n) is 1.61. The first-order chi connectivity index (χ1) is 7.11. The van der Waals surface area contributed by atoms with Gasteiger partial charge in [0.15, 0.2) is 5.11 Å². The molecule has 6 heteroatoms. The second kappa shape index (κ2) is 5.47. The Balaban J connectivity index is 2.84. The summed E-state index contributed by atoms with van der Waals surface area (Å²) in [5.74, 6) is 0. The Labute approximate surface area is 95.1 Å². The summed E-state index contributed by atoms with van der Waals surface area (Å²) in [6, 6.07) is 9.25. The Hall–Kier alpha value is -1.40. The lowest BCUT2D eigenvalue weighted by Gasteiger charge is -2.08. The molecule has 1 rings (SSSR count). The largest absolute Gasteiger partial charge is 0.375 e. The third-order valence-corrected chi connectivity index (χ3v) is 2.64. The predicted molar refractivity (Wildman–Crippen MR) is 64.4 cm³/mol. The summed E-state index contributed by atoms with van der Waals surface area (Å²) in [6.07, 6.45) is 2.94. The van der Waals surface area contributed by atoms with E-state index >= 15 is 0 Å². The summed E-state index contributed by atoms with van der Waals surface area (Å²) < 4.78 is 22.2. The van der Waals surface area contributed by atoms with Crippen LogP contribution in [0.15, 0.2) is 36.5 Å². The normalized spacial score (nSPS) is 10.7. The fraction of sp³-hybridized carbons (Fsp3) is 0. The molecule has 0 radical (unpaired) electrons. The summed E-state index contributed by atoms with van der Waals surface area (Å²) in [5, 5.41) is -0.196. The monoisotopic (exact) mass is 242 g/mol. The van der Waals surface area contributed by atoms with E-state index in [2.05, 4.69) is 12.2 Å². The Morgan fingerprint density at radius 2 is 1.93 bits per heavy atom. The maximum absolute atomic E-state index is 10.7. The number of hydrogen-bond acceptors (Lipinski definition) is 3. The highest BCUT2D eigenvalue weighted by Crippen LogP contribution is 2.02. The van der Waals surface area contributed by atoms with Crippen molar-refractivity contribution in [3.8, 4) is 0 Å². The molecule has 1 aromatic carbocycles. The van der Waals surface area contributed by atoms with E-state index in [1.807, 2.05) is 30.3 Å². The third kappa shape index (κ3) is 3.69. The van der Waals surface area contributed by atoms with Gasteiger partial charge in [0.25, 0.3) is 0 Å². The average molecular weight is 242 g/mol. The van der Waals surface area contributed by atoms with Crippen molar-refractivity contribution >= 4 is 34.3 Å². The second-order valence-corrected chi connectivity index (χ2v) is 3.97. The molecule has 0 heterocycles. The van der Waals surface area contributed by atoms with Crippen molar-refractivity contribution in [2.75, 3.05) is 0 Å². The molecule has 15 heavy (non-hydrogen) atoms. The van der Waals surface area contributed by atoms with Crippen LogP contribution in [0.2, 0.25) is 0 Å². The number of rotatable bonds is 3. The standard InChI is InChI=1S/C9H10N2O2S2/c10-9(14)11(15(12)13)7-6-8-4-2-1-3-5-8/h1-7,15H,(H2,10,14). The molecule has 0 amide bonds. The summed E-state index contributed by atoms with van der Waals surface area (Å²) in [7, 11) is -2.82. The van der Waals surface area contributed by atoms with Gasteiger partial charge in [0.05, 0.1) is 0 Å². The van der Waals surface area contributed by atoms with Crippen LogP contribution in [0, 0.1) is 0 Å². The van der Waals surface area contributed by atoms with Crippen molar-refractivity contribution in [2.24, 2.45) is 5.73 Å². The number of thiocarbonyl (C=S) groups is 1. The molecule has 0 fully saturated rings. The Kier molecular flexibility index (Phi) is 4.26. The van der Waals surface area contributed by atoms with Crippen molar-refractivity contribution < 1.29 is 8.42 Å². The van der Waals surface area contributed by atoms with Crippen molar-refractivity contribution in [2.45, 2.75) is 0 Å². The molecular formula is C9H10N2O2S2. The van der Waals surface area contributed by atoms with Gasteiger partial charge in [-0.3, -0.25) is 0 Å². The summed E-state index contributed by atoms with van der Waals surface area (Å²) in [4.78, 5) is 0. The molecule has 0 saturated carbocycles. The minimum absolute atomic E-state index is 0.196. The minimum Gasteiger partial charge on any atom is -0.375 e. The van der Waals surface area contributed by atoms with Gasteiger partial charge >= 0.3 is 0 Å². The van der Waals surface area contributed by atoms with Crippen molar-refractivity contribution in [3.63, 3.8) is 0 Å². The van der Waals surface area contributed by atoms with Crippen LogP contribution in [0.4, 0.5) is 0 Å². The highest BCUT2D eigenvalue weighted by atomic mass is 32.2. The minimum atomic E-state index is -2.82. The summed E-state index contributed by atoms with van der Waals surface area (Å²) in [6.45, 7) is 0. The van der Waals surface area contributed by atoms with E-state index in [1.54, 1.807) is 6.08 Å². The highest BCUT2D eigenvalue weighted by molar-refractivity contribution is 7.82. The number of benzene rings is 1. The molecular weight excluding hydrogens is 232 g/mol. The molecule has 2 N–H and O–H groups in total. The van der Waals surface area contributed by atoms with E-state index in [0.717, 1.165) is 9.87 Å². The SMILES string of the molecule is NC(=S)N(C=Cc1ccccc1)[SH](=O)=O. The molecule has 1 aromatic rings. The van der Waals surface area contributed by atoms with Crippen LogP contribution < -0.4 is 5.73 Å². The topological polar surface area (TPSA) is 63.4 Å². The van der Waals surface area contributed by atoms with Crippen LogP contribution in [0.3, 0.4) is 0 Å². The smallest absolute Gasteiger partial charge is 0.230 e. The summed E-state index contributed by atoms with van der Waals surface area (Å²) in [5.41, 5.74) is 6.10. The van der Waals surface area contributed by atoms with Gasteiger partial charge in [-0.25, -0.2) is 12.7 Å². The van der Waals surface area contributed by atoms with Crippen LogP contribution in [-0.4, -0.2) is 17.8 Å². The van der Waals surface area contributed by atoms with E-state index in [0.29, 0.717) is 0 Å². The van der Waals surface area contributed by atoms with Gasteiger partial charge in [0.1, 0.15) is 0 Å². The molecule has 0 aromatic heterocycles. The van der Waals surface area contributed by atoms with Gasteiger partial charge in [-0.15, -0.1) is 0 Å². The summed E-state index contributed by atoms with van der Waals surface area (Å²) >= 11 is 4.58. The lowest BCUT2D eigenvalue weighted by Crippen LogP contribution is -2.29. The van der Waals surface area contributed by atoms with Crippen LogP contribution in [0.25, 0.3) is 6.08 Å². The molecule has 0 bridgehead atoms. The zero-order chi connectivity index (χ0) is 11.3. The lowest BCUT2D eigenvalue weighted by molar-refractivity contribution is 0.586. The van der Waals surface area contributed by atoms with Gasteiger partial charge in [-0.05, 0) is 23.9 Å². The molecule has 0 atom stereocenters. The molecule has 0 aliphatic rings. The van der Waals surface area contributed by atoms with Gasteiger partial charge in [0, 0.05) is 6.20 Å². The molecule has 0 unspecified atom stereocenters. The maximum Gasteiger partial charge on any atom is 0.230 e. The Bertz CT molecular complexity index is 433. The van der Waals surface area contributed by atoms with E-state index in [4.69, 9.17) is 5.73 Å². The highest BCUT2D eigenvalue weighted by Gasteiger charge is 2.02. The molecule has 0 spiro atoms. The molecule has 4 nitrogen and oxygen atoms in total. The van der Waals surface area contributed by atoms with E-state index in [-0.39, 0.29) is 5.11 Å². The van der Waals surface area contributed by atoms with Crippen LogP contribution >= 0.6 is 12.2 Å². The zero-order valence-corrected chi connectivity index (χ0v) is 9.45. The number of hydrogen-bond donors (Lipinski definition) is 2. The Morgan fingerprint density at radius 3 is 2.40 bits per heavy atom. The average Bonchev–Trinajstić information content (AvgIpc) is 2.18. The number of nitrogens with two attached hydrogens (primary N) is 1. The van der Waals surface area contributed by atoms with E-state index < -0.39 is 10.9 Å². The van der Waals surface area contributed by atoms with E-state index in [1.165, 1.54) is 6.20 Å². The molecule has 0 aliphatic heterocycles. The maximum atomic E-state index is 10.7. The lowest BCUT2D eigenvalue weighted by atomic mass is 10.2. The van der Waals surface area contributed by atoms with Gasteiger partial charge in [0.2, 0.25) is 10.9 Å². The van der Waals surface area contributed by atoms with Crippen molar-refractivity contribution in [3.05, 3.63) is 42.1 Å². The fourth-order valence-electron chi connectivity index (χ4n) is 0.929. The second-order valence-electron chi connectivity index (χ2n) is 2.65. The van der Waals surface area contributed by atoms with Crippen molar-refractivity contribution in [1.82, 2.24) is 4.31 Å². The molecule has 0 aliphatic carbocycles.